The third kappa shape index (κ3) is 6.47. The van der Waals surface area contributed by atoms with Crippen molar-refractivity contribution in [2.24, 2.45) is 5.73 Å². The molecule has 20 heavy (non-hydrogen) atoms. The molecule has 1 unspecified atom stereocenters. The van der Waals surface area contributed by atoms with Crippen LogP contribution in [0.3, 0.4) is 0 Å². The number of rotatable bonds is 8. The van der Waals surface area contributed by atoms with E-state index in [1.165, 1.54) is 24.3 Å². The van der Waals surface area contributed by atoms with Gasteiger partial charge in [0.2, 0.25) is 5.91 Å². The van der Waals surface area contributed by atoms with E-state index in [1.54, 1.807) is 0 Å². The van der Waals surface area contributed by atoms with Gasteiger partial charge >= 0.3 is 6.16 Å². The number of nitrogens with two attached hydrogens (primary N) is 1. The standard InChI is InChI=1S/C12H17N2O5P/c13-11(15)9-1-3-10(4-2-9)19-12(16)18-8-7-17-6-5-14-20/h1-4,14H,5-8,20H2,(H2,13,15). The van der Waals surface area contributed by atoms with Crippen LogP contribution in [0, 0.1) is 0 Å². The Morgan fingerprint density at radius 2 is 1.85 bits per heavy atom. The molecule has 1 aromatic carbocycles. The summed E-state index contributed by atoms with van der Waals surface area (Å²) in [5.74, 6) is -0.274. The normalized spacial score (nSPS) is 10.1. The Kier molecular flexibility index (Phi) is 7.57. The summed E-state index contributed by atoms with van der Waals surface area (Å²) in [4.78, 5) is 22.2. The van der Waals surface area contributed by atoms with Crippen LogP contribution in [0.25, 0.3) is 0 Å². The van der Waals surface area contributed by atoms with Crippen LogP contribution in [-0.4, -0.2) is 38.4 Å². The molecule has 0 heterocycles. The van der Waals surface area contributed by atoms with Crippen LogP contribution in [0.4, 0.5) is 4.79 Å². The molecule has 1 amide bonds. The number of amides is 1. The number of carbonyl (C=O) groups is 2. The molecule has 1 rings (SSSR count). The van der Waals surface area contributed by atoms with E-state index in [0.717, 1.165) is 0 Å². The van der Waals surface area contributed by atoms with E-state index in [-0.39, 0.29) is 12.4 Å². The largest absolute Gasteiger partial charge is 0.513 e. The maximum absolute atomic E-state index is 11.3. The molecule has 8 heteroatoms. The minimum Gasteiger partial charge on any atom is -0.432 e. The summed E-state index contributed by atoms with van der Waals surface area (Å²) in [5, 5.41) is 2.84. The summed E-state index contributed by atoms with van der Waals surface area (Å²) in [6.45, 7) is 1.62. The number of nitrogens with one attached hydrogen (secondary N) is 1. The minimum absolute atomic E-state index is 0.106. The SMILES string of the molecule is NC(=O)c1ccc(OC(=O)OCCOCCNP)cc1. The van der Waals surface area contributed by atoms with Gasteiger partial charge < -0.3 is 19.9 Å². The van der Waals surface area contributed by atoms with Gasteiger partial charge in [0, 0.05) is 12.1 Å². The lowest BCUT2D eigenvalue weighted by Crippen LogP contribution is -2.17. The average Bonchev–Trinajstić information content (AvgIpc) is 2.43. The van der Waals surface area contributed by atoms with Gasteiger partial charge in [0.1, 0.15) is 12.4 Å². The molecular formula is C12H17N2O5P. The van der Waals surface area contributed by atoms with E-state index >= 15 is 0 Å². The minimum atomic E-state index is -0.829. The fourth-order valence-corrected chi connectivity index (χ4v) is 1.35. The highest BCUT2D eigenvalue weighted by molar-refractivity contribution is 7.13. The van der Waals surface area contributed by atoms with E-state index in [9.17, 15) is 9.59 Å². The first-order valence-corrected chi connectivity index (χ1v) is 6.47. The number of primary amides is 1. The van der Waals surface area contributed by atoms with Crippen LogP contribution in [0.2, 0.25) is 0 Å². The summed E-state index contributed by atoms with van der Waals surface area (Å²) >= 11 is 0. The Morgan fingerprint density at radius 3 is 2.45 bits per heavy atom. The molecule has 0 saturated carbocycles. The number of hydrogen-bond acceptors (Lipinski definition) is 6. The van der Waals surface area contributed by atoms with Crippen LogP contribution in [-0.2, 0) is 9.47 Å². The second-order valence-electron chi connectivity index (χ2n) is 3.66. The van der Waals surface area contributed by atoms with Gasteiger partial charge in [0.25, 0.3) is 0 Å². The van der Waals surface area contributed by atoms with Crippen LogP contribution in [0.15, 0.2) is 24.3 Å². The monoisotopic (exact) mass is 300 g/mol. The van der Waals surface area contributed by atoms with Crippen LogP contribution in [0.1, 0.15) is 10.4 Å². The highest BCUT2D eigenvalue weighted by Crippen LogP contribution is 2.12. The van der Waals surface area contributed by atoms with Crippen molar-refractivity contribution in [3.63, 3.8) is 0 Å². The van der Waals surface area contributed by atoms with Crippen molar-refractivity contribution in [1.82, 2.24) is 5.09 Å². The summed E-state index contributed by atoms with van der Waals surface area (Å²) in [6, 6.07) is 5.85. The molecule has 3 N–H and O–H groups in total. The maximum atomic E-state index is 11.3. The molecule has 0 fully saturated rings. The fraction of sp³-hybridized carbons (Fsp3) is 0.333. The maximum Gasteiger partial charge on any atom is 0.513 e. The van der Waals surface area contributed by atoms with Crippen molar-refractivity contribution in [2.45, 2.75) is 0 Å². The molecule has 0 saturated heterocycles. The Labute approximate surface area is 119 Å². The Hall–Kier alpha value is -1.69. The molecule has 0 bridgehead atoms. The Balaban J connectivity index is 2.23. The lowest BCUT2D eigenvalue weighted by molar-refractivity contribution is 0.0539. The highest BCUT2D eigenvalue weighted by Gasteiger charge is 2.07. The van der Waals surface area contributed by atoms with E-state index in [2.05, 4.69) is 14.5 Å². The number of benzene rings is 1. The third-order valence-electron chi connectivity index (χ3n) is 2.18. The molecule has 0 radical (unpaired) electrons. The van der Waals surface area contributed by atoms with Crippen molar-refractivity contribution >= 4 is 21.5 Å². The second-order valence-corrected chi connectivity index (χ2v) is 4.06. The van der Waals surface area contributed by atoms with Gasteiger partial charge in [0.15, 0.2) is 0 Å². The first-order valence-electron chi connectivity index (χ1n) is 5.89. The lowest BCUT2D eigenvalue weighted by Gasteiger charge is -2.07. The summed E-state index contributed by atoms with van der Waals surface area (Å²) in [6.07, 6.45) is -0.829. The van der Waals surface area contributed by atoms with E-state index < -0.39 is 12.1 Å². The van der Waals surface area contributed by atoms with Crippen molar-refractivity contribution in [3.05, 3.63) is 29.8 Å². The molecule has 7 nitrogen and oxygen atoms in total. The molecule has 1 aromatic rings. The van der Waals surface area contributed by atoms with Crippen molar-refractivity contribution in [3.8, 4) is 5.75 Å². The first-order chi connectivity index (χ1) is 9.63. The molecule has 0 aliphatic rings. The lowest BCUT2D eigenvalue weighted by atomic mass is 10.2. The zero-order valence-electron chi connectivity index (χ0n) is 10.8. The predicted octanol–water partition coefficient (Wildman–Crippen LogP) is 0.697. The van der Waals surface area contributed by atoms with Gasteiger partial charge in [-0.15, -0.1) is 0 Å². The molecule has 0 aliphatic heterocycles. The van der Waals surface area contributed by atoms with Gasteiger partial charge in [-0.2, -0.15) is 0 Å². The van der Waals surface area contributed by atoms with E-state index in [4.69, 9.17) is 19.9 Å². The van der Waals surface area contributed by atoms with E-state index in [1.807, 2.05) is 0 Å². The van der Waals surface area contributed by atoms with Crippen LogP contribution >= 0.6 is 9.39 Å². The predicted molar refractivity (Wildman–Crippen MR) is 75.5 cm³/mol. The molecule has 110 valence electrons. The molecular weight excluding hydrogens is 283 g/mol. The molecule has 0 spiro atoms. The topological polar surface area (TPSA) is 99.9 Å². The number of carbonyl (C=O) groups excluding carboxylic acids is 2. The van der Waals surface area contributed by atoms with Gasteiger partial charge in [-0.1, -0.05) is 9.39 Å². The smallest absolute Gasteiger partial charge is 0.432 e. The quantitative estimate of drug-likeness (QED) is 0.317. The highest BCUT2D eigenvalue weighted by atomic mass is 31.0. The number of hydrogen-bond donors (Lipinski definition) is 2. The Bertz CT molecular complexity index is 438. The summed E-state index contributed by atoms with van der Waals surface area (Å²) in [5.41, 5.74) is 5.42. The van der Waals surface area contributed by atoms with E-state index in [0.29, 0.717) is 25.3 Å². The number of ether oxygens (including phenoxy) is 3. The fourth-order valence-electron chi connectivity index (χ4n) is 1.23. The molecule has 0 aliphatic carbocycles. The molecule has 0 aromatic heterocycles. The van der Waals surface area contributed by atoms with Crippen LogP contribution < -0.4 is 15.6 Å². The third-order valence-corrected chi connectivity index (χ3v) is 2.47. The van der Waals surface area contributed by atoms with Crippen molar-refractivity contribution in [2.75, 3.05) is 26.4 Å². The van der Waals surface area contributed by atoms with Gasteiger partial charge in [-0.3, -0.25) is 9.88 Å². The van der Waals surface area contributed by atoms with Gasteiger partial charge in [-0.25, -0.2) is 4.79 Å². The zero-order chi connectivity index (χ0) is 14.8. The van der Waals surface area contributed by atoms with Gasteiger partial charge in [0.05, 0.1) is 13.2 Å². The van der Waals surface area contributed by atoms with Gasteiger partial charge in [-0.05, 0) is 24.3 Å². The average molecular weight is 300 g/mol. The summed E-state index contributed by atoms with van der Waals surface area (Å²) < 4.78 is 14.8. The second kappa shape index (κ2) is 9.25. The Morgan fingerprint density at radius 1 is 1.15 bits per heavy atom. The molecule has 1 atom stereocenters. The zero-order valence-corrected chi connectivity index (χ0v) is 12.0. The summed E-state index contributed by atoms with van der Waals surface area (Å²) in [7, 11) is 2.36. The van der Waals surface area contributed by atoms with Crippen molar-refractivity contribution in [1.29, 1.82) is 0 Å². The van der Waals surface area contributed by atoms with Crippen molar-refractivity contribution < 1.29 is 23.8 Å². The van der Waals surface area contributed by atoms with Crippen LogP contribution in [0.5, 0.6) is 5.75 Å². The first kappa shape index (κ1) is 16.4.